The van der Waals surface area contributed by atoms with Crippen LogP contribution in [0.2, 0.25) is 0 Å². The van der Waals surface area contributed by atoms with E-state index in [-0.39, 0.29) is 17.6 Å². The molecule has 1 aromatic carbocycles. The van der Waals surface area contributed by atoms with Gasteiger partial charge in [-0.1, -0.05) is 6.07 Å². The molecule has 1 aliphatic carbocycles. The minimum absolute atomic E-state index is 0.0651. The molecule has 1 aromatic rings. The third-order valence-electron chi connectivity index (χ3n) is 4.46. The van der Waals surface area contributed by atoms with Gasteiger partial charge in [0.15, 0.2) is 11.5 Å². The van der Waals surface area contributed by atoms with E-state index in [1.807, 2.05) is 0 Å². The highest BCUT2D eigenvalue weighted by Gasteiger charge is 2.27. The zero-order valence-corrected chi connectivity index (χ0v) is 13.1. The summed E-state index contributed by atoms with van der Waals surface area (Å²) in [7, 11) is 0. The van der Waals surface area contributed by atoms with Crippen LogP contribution in [0.3, 0.4) is 0 Å². The van der Waals surface area contributed by atoms with E-state index in [9.17, 15) is 13.6 Å². The largest absolute Gasteiger partial charge is 0.489 e. The highest BCUT2D eigenvalue weighted by Crippen LogP contribution is 2.37. The molecule has 0 bridgehead atoms. The molecule has 0 N–H and O–H groups in total. The summed E-state index contributed by atoms with van der Waals surface area (Å²) in [5.41, 5.74) is 1.00. The highest BCUT2D eigenvalue weighted by atomic mass is 19.3. The number of amides is 1. The molecule has 1 amide bonds. The Morgan fingerprint density at radius 1 is 1.30 bits per heavy atom. The Morgan fingerprint density at radius 3 is 2.70 bits per heavy atom. The third-order valence-corrected chi connectivity index (χ3v) is 4.46. The van der Waals surface area contributed by atoms with Crippen molar-refractivity contribution >= 4 is 5.91 Å². The average molecular weight is 325 g/mol. The highest BCUT2D eigenvalue weighted by molar-refractivity contribution is 5.73. The van der Waals surface area contributed by atoms with Gasteiger partial charge >= 0.3 is 6.61 Å². The van der Waals surface area contributed by atoms with Gasteiger partial charge in [-0.2, -0.15) is 8.78 Å². The van der Waals surface area contributed by atoms with Crippen LogP contribution in [0.15, 0.2) is 18.2 Å². The van der Waals surface area contributed by atoms with Crippen molar-refractivity contribution in [3.05, 3.63) is 23.8 Å². The lowest BCUT2D eigenvalue weighted by atomic mass is 9.98. The number of alkyl halides is 2. The van der Waals surface area contributed by atoms with Crippen molar-refractivity contribution in [3.8, 4) is 11.5 Å². The number of carbonyl (C=O) groups is 1. The van der Waals surface area contributed by atoms with Gasteiger partial charge in [-0.15, -0.1) is 0 Å². The summed E-state index contributed by atoms with van der Waals surface area (Å²) in [6.07, 6.45) is 3.12. The predicted molar refractivity (Wildman–Crippen MR) is 80.9 cm³/mol. The number of likely N-dealkylation sites (tertiary alicyclic amines) is 1. The van der Waals surface area contributed by atoms with Crippen LogP contribution < -0.4 is 9.47 Å². The van der Waals surface area contributed by atoms with Crippen LogP contribution in [0.5, 0.6) is 11.5 Å². The zero-order chi connectivity index (χ0) is 16.4. The van der Waals surface area contributed by atoms with E-state index >= 15 is 0 Å². The maximum Gasteiger partial charge on any atom is 0.387 e. The Bertz CT molecular complexity index is 575. The third kappa shape index (κ3) is 4.12. The number of rotatable bonds is 6. The SMILES string of the molecule is CC(=O)N1CCC(c2ccc(OC(F)F)c(OCC3CC3)c2)C1. The van der Waals surface area contributed by atoms with Crippen LogP contribution in [-0.2, 0) is 4.79 Å². The first-order valence-corrected chi connectivity index (χ1v) is 8.00. The van der Waals surface area contributed by atoms with Crippen LogP contribution in [-0.4, -0.2) is 37.1 Å². The van der Waals surface area contributed by atoms with Crippen molar-refractivity contribution in [2.45, 2.75) is 38.7 Å². The van der Waals surface area contributed by atoms with Crippen molar-refractivity contribution < 1.29 is 23.0 Å². The number of carbonyl (C=O) groups excluding carboxylic acids is 1. The minimum Gasteiger partial charge on any atom is -0.489 e. The number of hydrogen-bond donors (Lipinski definition) is 0. The van der Waals surface area contributed by atoms with Gasteiger partial charge in [0.05, 0.1) is 6.61 Å². The van der Waals surface area contributed by atoms with Gasteiger partial charge < -0.3 is 14.4 Å². The second kappa shape index (κ2) is 6.72. The summed E-state index contributed by atoms with van der Waals surface area (Å²) >= 11 is 0. The summed E-state index contributed by atoms with van der Waals surface area (Å²) < 4.78 is 35.3. The maximum atomic E-state index is 12.5. The second-order valence-electron chi connectivity index (χ2n) is 6.29. The Kier molecular flexibility index (Phi) is 4.68. The molecule has 1 unspecified atom stereocenters. The van der Waals surface area contributed by atoms with Crippen LogP contribution >= 0.6 is 0 Å². The van der Waals surface area contributed by atoms with Crippen LogP contribution in [0.4, 0.5) is 8.78 Å². The molecule has 0 spiro atoms. The second-order valence-corrected chi connectivity index (χ2v) is 6.29. The number of halogens is 2. The molecule has 1 saturated carbocycles. The fourth-order valence-corrected chi connectivity index (χ4v) is 2.90. The number of benzene rings is 1. The van der Waals surface area contributed by atoms with Crippen LogP contribution in [0.25, 0.3) is 0 Å². The van der Waals surface area contributed by atoms with Crippen molar-refractivity contribution in [2.24, 2.45) is 5.92 Å². The molecule has 0 radical (unpaired) electrons. The smallest absolute Gasteiger partial charge is 0.387 e. The van der Waals surface area contributed by atoms with Crippen LogP contribution in [0, 0.1) is 5.92 Å². The molecule has 6 heteroatoms. The van der Waals surface area contributed by atoms with E-state index in [0.717, 1.165) is 31.4 Å². The van der Waals surface area contributed by atoms with Gasteiger partial charge in [-0.3, -0.25) is 4.79 Å². The van der Waals surface area contributed by atoms with E-state index in [1.165, 1.54) is 0 Å². The first kappa shape index (κ1) is 16.0. The van der Waals surface area contributed by atoms with Gasteiger partial charge in [-0.25, -0.2) is 0 Å². The van der Waals surface area contributed by atoms with Crippen molar-refractivity contribution in [1.29, 1.82) is 0 Å². The summed E-state index contributed by atoms with van der Waals surface area (Å²) in [5.74, 6) is 1.25. The van der Waals surface area contributed by atoms with Gasteiger partial charge in [0.1, 0.15) is 0 Å². The molecule has 3 rings (SSSR count). The fourth-order valence-electron chi connectivity index (χ4n) is 2.90. The van der Waals surface area contributed by atoms with Gasteiger partial charge in [0.2, 0.25) is 5.91 Å². The Hall–Kier alpha value is -1.85. The molecule has 1 atom stereocenters. The minimum atomic E-state index is -2.87. The molecule has 126 valence electrons. The molecule has 1 saturated heterocycles. The van der Waals surface area contributed by atoms with E-state index in [2.05, 4.69) is 4.74 Å². The van der Waals surface area contributed by atoms with E-state index in [1.54, 1.807) is 30.0 Å². The summed E-state index contributed by atoms with van der Waals surface area (Å²) in [5, 5.41) is 0. The molecule has 2 aliphatic rings. The molecule has 1 aliphatic heterocycles. The zero-order valence-electron chi connectivity index (χ0n) is 13.1. The Balaban J connectivity index is 1.75. The lowest BCUT2D eigenvalue weighted by Crippen LogP contribution is -2.25. The maximum absolute atomic E-state index is 12.5. The standard InChI is InChI=1S/C17H21F2NO3/c1-11(21)20-7-6-14(9-20)13-4-5-15(23-17(18)19)16(8-13)22-10-12-2-3-12/h4-5,8,12,14,17H,2-3,6-7,9-10H2,1H3. The average Bonchev–Trinajstić information content (AvgIpc) is 3.19. The lowest BCUT2D eigenvalue weighted by molar-refractivity contribution is -0.127. The fraction of sp³-hybridized carbons (Fsp3) is 0.588. The first-order valence-electron chi connectivity index (χ1n) is 8.00. The molecular weight excluding hydrogens is 304 g/mol. The van der Waals surface area contributed by atoms with E-state index < -0.39 is 6.61 Å². The number of nitrogens with zero attached hydrogens (tertiary/aromatic N) is 1. The number of ether oxygens (including phenoxy) is 2. The van der Waals surface area contributed by atoms with Gasteiger partial charge in [0.25, 0.3) is 0 Å². The molecule has 0 aromatic heterocycles. The Labute approximate surface area is 134 Å². The molecular formula is C17H21F2NO3. The summed E-state index contributed by atoms with van der Waals surface area (Å²) in [6, 6.07) is 5.12. The molecule has 23 heavy (non-hydrogen) atoms. The molecule has 1 heterocycles. The van der Waals surface area contributed by atoms with E-state index in [4.69, 9.17) is 4.74 Å². The monoisotopic (exact) mass is 325 g/mol. The number of hydrogen-bond acceptors (Lipinski definition) is 3. The van der Waals surface area contributed by atoms with Crippen molar-refractivity contribution in [1.82, 2.24) is 4.90 Å². The van der Waals surface area contributed by atoms with Crippen LogP contribution in [0.1, 0.15) is 37.7 Å². The summed E-state index contributed by atoms with van der Waals surface area (Å²) in [4.78, 5) is 13.3. The van der Waals surface area contributed by atoms with Crippen molar-refractivity contribution in [3.63, 3.8) is 0 Å². The Morgan fingerprint density at radius 2 is 2.09 bits per heavy atom. The quantitative estimate of drug-likeness (QED) is 0.804. The van der Waals surface area contributed by atoms with Gasteiger partial charge in [0, 0.05) is 25.9 Å². The van der Waals surface area contributed by atoms with Crippen molar-refractivity contribution in [2.75, 3.05) is 19.7 Å². The topological polar surface area (TPSA) is 38.8 Å². The summed E-state index contributed by atoms with van der Waals surface area (Å²) in [6.45, 7) is 0.614. The van der Waals surface area contributed by atoms with Gasteiger partial charge in [-0.05, 0) is 42.9 Å². The van der Waals surface area contributed by atoms with E-state index in [0.29, 0.717) is 24.8 Å². The normalized spacial score (nSPS) is 20.9. The lowest BCUT2D eigenvalue weighted by Gasteiger charge is -2.17. The molecule has 4 nitrogen and oxygen atoms in total. The first-order chi connectivity index (χ1) is 11.0. The predicted octanol–water partition coefficient (Wildman–Crippen LogP) is 3.41. The molecule has 2 fully saturated rings.